The molecule has 0 amide bonds. The van der Waals surface area contributed by atoms with E-state index in [1.165, 1.54) is 13.2 Å². The number of nitrogens with zero attached hydrogens (tertiary/aromatic N) is 1. The number of carbonyl (C=O) groups excluding carboxylic acids is 1. The molecule has 24 heavy (non-hydrogen) atoms. The molecule has 7 nitrogen and oxygen atoms in total. The number of H-pyrrole nitrogens is 1. The molecule has 1 aromatic heterocycles. The van der Waals surface area contributed by atoms with E-state index in [0.29, 0.717) is 33.8 Å². The highest BCUT2D eigenvalue weighted by Gasteiger charge is 2.32. The third kappa shape index (κ3) is 1.95. The molecule has 122 valence electrons. The maximum absolute atomic E-state index is 12.4. The quantitative estimate of drug-likeness (QED) is 0.579. The van der Waals surface area contributed by atoms with Crippen molar-refractivity contribution in [2.45, 2.75) is 0 Å². The minimum atomic E-state index is -0.529. The number of rotatable bonds is 2. The van der Waals surface area contributed by atoms with Crippen LogP contribution in [0.5, 0.6) is 11.5 Å². The number of fused-ring (bicyclic) bond motifs is 3. The van der Waals surface area contributed by atoms with Crippen LogP contribution in [0.1, 0.15) is 10.4 Å². The second kappa shape index (κ2) is 5.39. The molecular formula is C17H14N2O5. The number of phenolic OH excluding ortho intramolecular Hbond substituents is 1. The number of methoxy groups -OCH3 is 1. The maximum Gasteiger partial charge on any atom is 0.333 e. The van der Waals surface area contributed by atoms with Crippen LogP contribution in [0.4, 0.5) is 0 Å². The molecule has 0 aliphatic carbocycles. The molecule has 0 radical (unpaired) electrons. The minimum Gasteiger partial charge on any atom is -0.507 e. The zero-order valence-corrected chi connectivity index (χ0v) is 12.7. The van der Waals surface area contributed by atoms with Crippen LogP contribution in [0.15, 0.2) is 47.3 Å². The largest absolute Gasteiger partial charge is 0.507 e. The van der Waals surface area contributed by atoms with E-state index in [1.807, 2.05) is 0 Å². The zero-order chi connectivity index (χ0) is 16.1. The molecule has 0 unspecified atom stereocenters. The molecule has 2 aromatic carbocycles. The number of hydrogen-bond acceptors (Lipinski definition) is 4. The van der Waals surface area contributed by atoms with Gasteiger partial charge in [-0.15, -0.1) is 0 Å². The summed E-state index contributed by atoms with van der Waals surface area (Å²) in [4.78, 5) is 27.3. The first-order valence-electron chi connectivity index (χ1n) is 6.98. The van der Waals surface area contributed by atoms with Crippen molar-refractivity contribution in [1.29, 1.82) is 0 Å². The lowest BCUT2D eigenvalue weighted by molar-refractivity contribution is 0.0965. The smallest absolute Gasteiger partial charge is 0.333 e. The number of imidazole rings is 1. The van der Waals surface area contributed by atoms with Crippen molar-refractivity contribution in [2.75, 3.05) is 7.11 Å². The van der Waals surface area contributed by atoms with Gasteiger partial charge in [0.1, 0.15) is 11.5 Å². The highest BCUT2D eigenvalue weighted by molar-refractivity contribution is 6.11. The van der Waals surface area contributed by atoms with E-state index in [1.54, 1.807) is 36.4 Å². The topological polar surface area (TPSA) is 116 Å². The summed E-state index contributed by atoms with van der Waals surface area (Å²) in [5.74, 6) is 0.161. The van der Waals surface area contributed by atoms with Crippen LogP contribution in [0.3, 0.4) is 0 Å². The molecule has 1 aliphatic heterocycles. The van der Waals surface area contributed by atoms with Crippen LogP contribution in [0.2, 0.25) is 0 Å². The summed E-state index contributed by atoms with van der Waals surface area (Å²) in [5, 5.41) is 10.2. The van der Waals surface area contributed by atoms with Crippen molar-refractivity contribution in [3.63, 3.8) is 0 Å². The van der Waals surface area contributed by atoms with Gasteiger partial charge in [0.15, 0.2) is 0 Å². The van der Waals surface area contributed by atoms with Gasteiger partial charge in [-0.25, -0.2) is 9.36 Å². The van der Waals surface area contributed by atoms with Crippen molar-refractivity contribution in [2.24, 2.45) is 0 Å². The second-order valence-corrected chi connectivity index (χ2v) is 5.22. The van der Waals surface area contributed by atoms with Gasteiger partial charge in [0.05, 0.1) is 18.5 Å². The summed E-state index contributed by atoms with van der Waals surface area (Å²) in [6, 6.07) is 11.7. The average molecular weight is 326 g/mol. The average Bonchev–Trinajstić information content (AvgIpc) is 3.06. The highest BCUT2D eigenvalue weighted by Crippen LogP contribution is 2.40. The van der Waals surface area contributed by atoms with Gasteiger partial charge in [-0.3, -0.25) is 4.79 Å². The molecule has 7 heteroatoms. The van der Waals surface area contributed by atoms with E-state index in [9.17, 15) is 14.7 Å². The monoisotopic (exact) mass is 326 g/mol. The Morgan fingerprint density at radius 1 is 1.04 bits per heavy atom. The van der Waals surface area contributed by atoms with Crippen molar-refractivity contribution in [3.05, 3.63) is 58.5 Å². The first-order chi connectivity index (χ1) is 11.1. The predicted molar refractivity (Wildman–Crippen MR) is 87.5 cm³/mol. The summed E-state index contributed by atoms with van der Waals surface area (Å²) >= 11 is 0. The van der Waals surface area contributed by atoms with Crippen molar-refractivity contribution >= 4 is 5.91 Å². The molecule has 4 N–H and O–H groups in total. The van der Waals surface area contributed by atoms with Crippen LogP contribution in [-0.2, 0) is 0 Å². The van der Waals surface area contributed by atoms with E-state index in [4.69, 9.17) is 4.74 Å². The number of phenols is 1. The van der Waals surface area contributed by atoms with Crippen molar-refractivity contribution in [1.82, 2.24) is 9.55 Å². The van der Waals surface area contributed by atoms with Gasteiger partial charge in [-0.05, 0) is 24.3 Å². The molecule has 3 aromatic rings. The molecule has 2 heterocycles. The Labute approximate surface area is 136 Å². The lowest BCUT2D eigenvalue weighted by atomic mass is 10.0. The Hall–Kier alpha value is -3.32. The van der Waals surface area contributed by atoms with E-state index < -0.39 is 5.69 Å². The van der Waals surface area contributed by atoms with Gasteiger partial charge in [-0.2, -0.15) is 0 Å². The molecule has 0 spiro atoms. The lowest BCUT2D eigenvalue weighted by Crippen LogP contribution is -2.21. The second-order valence-electron chi connectivity index (χ2n) is 5.22. The number of hydrogen-bond donors (Lipinski definition) is 2. The molecule has 0 bridgehead atoms. The predicted octanol–water partition coefficient (Wildman–Crippen LogP) is 1.40. The third-order valence-electron chi connectivity index (χ3n) is 3.98. The van der Waals surface area contributed by atoms with Gasteiger partial charge in [0.25, 0.3) is 5.91 Å². The molecule has 0 atom stereocenters. The molecule has 4 rings (SSSR count). The SMILES string of the molecule is COc1ccc(O)c(-c2[nH]c(=O)n3c2-c2ccccc2C3=O)c1.O. The molecule has 1 aliphatic rings. The normalized spacial score (nSPS) is 11.6. The number of benzene rings is 2. The van der Waals surface area contributed by atoms with Gasteiger partial charge in [-0.1, -0.05) is 18.2 Å². The Bertz CT molecular complexity index is 1020. The van der Waals surface area contributed by atoms with E-state index in [2.05, 4.69) is 4.98 Å². The summed E-state index contributed by atoms with van der Waals surface area (Å²) in [6.45, 7) is 0. The first-order valence-corrected chi connectivity index (χ1v) is 6.98. The van der Waals surface area contributed by atoms with Crippen LogP contribution < -0.4 is 10.4 Å². The fraction of sp³-hybridized carbons (Fsp3) is 0.0588. The van der Waals surface area contributed by atoms with E-state index in [0.717, 1.165) is 4.57 Å². The number of aromatic hydroxyl groups is 1. The highest BCUT2D eigenvalue weighted by atomic mass is 16.5. The van der Waals surface area contributed by atoms with Gasteiger partial charge in [0.2, 0.25) is 0 Å². The fourth-order valence-corrected chi connectivity index (χ4v) is 2.92. The van der Waals surface area contributed by atoms with Crippen molar-refractivity contribution in [3.8, 4) is 34.0 Å². The fourth-order valence-electron chi connectivity index (χ4n) is 2.92. The lowest BCUT2D eigenvalue weighted by Gasteiger charge is -2.07. The van der Waals surface area contributed by atoms with E-state index >= 15 is 0 Å². The summed E-state index contributed by atoms with van der Waals surface area (Å²) in [5.41, 5.74) is 1.85. The number of aromatic amines is 1. The standard InChI is InChI=1S/C17H12N2O4.H2O/c1-23-9-6-7-13(20)12(8-9)14-15-10-4-2-3-5-11(10)16(21)19(15)17(22)18-14;/h2-8,20H,1H3,(H,18,22);1H2. The van der Waals surface area contributed by atoms with Crippen molar-refractivity contribution < 1.29 is 20.1 Å². The van der Waals surface area contributed by atoms with Crippen LogP contribution in [-0.4, -0.2) is 33.2 Å². The maximum atomic E-state index is 12.4. The van der Waals surface area contributed by atoms with Crippen LogP contribution in [0, 0.1) is 0 Å². The Morgan fingerprint density at radius 3 is 2.46 bits per heavy atom. The van der Waals surface area contributed by atoms with Gasteiger partial charge < -0.3 is 20.3 Å². The molecule has 0 saturated carbocycles. The van der Waals surface area contributed by atoms with Crippen LogP contribution >= 0.6 is 0 Å². The minimum absolute atomic E-state index is 0. The summed E-state index contributed by atoms with van der Waals surface area (Å²) in [6.07, 6.45) is 0. The molecule has 0 saturated heterocycles. The van der Waals surface area contributed by atoms with E-state index in [-0.39, 0.29) is 17.1 Å². The zero-order valence-electron chi connectivity index (χ0n) is 12.7. The molecule has 0 fully saturated rings. The molecular weight excluding hydrogens is 312 g/mol. The van der Waals surface area contributed by atoms with Crippen LogP contribution in [0.25, 0.3) is 22.5 Å². The summed E-state index contributed by atoms with van der Waals surface area (Å²) in [7, 11) is 1.52. The Kier molecular flexibility index (Phi) is 3.50. The van der Waals surface area contributed by atoms with Gasteiger partial charge in [0, 0.05) is 16.7 Å². The number of aromatic nitrogens is 2. The first kappa shape index (κ1) is 15.6. The Balaban J connectivity index is 0.00000169. The Morgan fingerprint density at radius 2 is 1.75 bits per heavy atom. The summed E-state index contributed by atoms with van der Waals surface area (Å²) < 4.78 is 6.27. The number of nitrogens with one attached hydrogen (secondary N) is 1. The number of carbonyl (C=O) groups is 1. The third-order valence-corrected chi connectivity index (χ3v) is 3.98. The van der Waals surface area contributed by atoms with Gasteiger partial charge >= 0.3 is 5.69 Å². The number of ether oxygens (including phenoxy) is 1.